The Bertz CT molecular complexity index is 541. The van der Waals surface area contributed by atoms with Crippen LogP contribution in [0.4, 0.5) is 5.82 Å². The quantitative estimate of drug-likeness (QED) is 0.651. The predicted molar refractivity (Wildman–Crippen MR) is 90.0 cm³/mol. The van der Waals surface area contributed by atoms with E-state index in [1.165, 1.54) is 25.7 Å². The van der Waals surface area contributed by atoms with Crippen molar-refractivity contribution in [3.05, 3.63) is 17.3 Å². The highest BCUT2D eigenvalue weighted by atomic mass is 32.1. The van der Waals surface area contributed by atoms with Gasteiger partial charge >= 0.3 is 0 Å². The van der Waals surface area contributed by atoms with Crippen molar-refractivity contribution >= 4 is 27.4 Å². The molecular formula is C16H25N3OS. The molecule has 0 aromatic carbocycles. The molecule has 0 fully saturated rings. The summed E-state index contributed by atoms with van der Waals surface area (Å²) >= 11 is 1.65. The Kier molecular flexibility index (Phi) is 6.89. The number of fused-ring (bicyclic) bond motifs is 1. The number of unbranched alkanes of at least 4 members (excludes halogenated alkanes) is 4. The van der Waals surface area contributed by atoms with Crippen molar-refractivity contribution in [3.8, 4) is 0 Å². The first-order valence-corrected chi connectivity index (χ1v) is 8.78. The van der Waals surface area contributed by atoms with Gasteiger partial charge in [-0.2, -0.15) is 0 Å². The molecular weight excluding hydrogens is 282 g/mol. The van der Waals surface area contributed by atoms with Crippen molar-refractivity contribution in [2.24, 2.45) is 0 Å². The molecule has 0 bridgehead atoms. The van der Waals surface area contributed by atoms with Gasteiger partial charge in [0.05, 0.1) is 5.39 Å². The van der Waals surface area contributed by atoms with Crippen molar-refractivity contribution in [1.82, 2.24) is 9.97 Å². The summed E-state index contributed by atoms with van der Waals surface area (Å²) in [6.45, 7) is 6.47. The number of hydrogen-bond donors (Lipinski definition) is 1. The molecule has 0 atom stereocenters. The monoisotopic (exact) mass is 307 g/mol. The van der Waals surface area contributed by atoms with Crippen molar-refractivity contribution in [2.45, 2.75) is 52.6 Å². The zero-order valence-electron chi connectivity index (χ0n) is 13.0. The van der Waals surface area contributed by atoms with Crippen LogP contribution in [0.5, 0.6) is 0 Å². The number of nitrogens with one attached hydrogen (secondary N) is 1. The lowest BCUT2D eigenvalue weighted by atomic mass is 10.2. The smallest absolute Gasteiger partial charge is 0.158 e. The second kappa shape index (κ2) is 8.95. The van der Waals surface area contributed by atoms with Crippen molar-refractivity contribution in [1.29, 1.82) is 0 Å². The lowest BCUT2D eigenvalue weighted by molar-refractivity contribution is 0.112. The molecule has 5 heteroatoms. The van der Waals surface area contributed by atoms with Crippen molar-refractivity contribution in [3.63, 3.8) is 0 Å². The van der Waals surface area contributed by atoms with E-state index in [0.29, 0.717) is 6.61 Å². The summed E-state index contributed by atoms with van der Waals surface area (Å²) in [5.41, 5.74) is 0. The number of rotatable bonds is 10. The Morgan fingerprint density at radius 2 is 2.00 bits per heavy atom. The standard InChI is InChI=1S/C16H25N3OS/c1-3-5-6-7-8-10-20-12-14-18-15(17-4-2)13-9-11-21-16(13)19-14/h9,11H,3-8,10,12H2,1-2H3,(H,17,18,19). The van der Waals surface area contributed by atoms with Gasteiger partial charge in [-0.15, -0.1) is 11.3 Å². The second-order valence-corrected chi connectivity index (χ2v) is 6.02. The minimum Gasteiger partial charge on any atom is -0.373 e. The highest BCUT2D eigenvalue weighted by molar-refractivity contribution is 7.16. The molecule has 4 nitrogen and oxygen atoms in total. The molecule has 0 amide bonds. The summed E-state index contributed by atoms with van der Waals surface area (Å²) in [4.78, 5) is 10.2. The summed E-state index contributed by atoms with van der Waals surface area (Å²) in [6, 6.07) is 2.07. The van der Waals surface area contributed by atoms with Crippen LogP contribution >= 0.6 is 11.3 Å². The lowest BCUT2D eigenvalue weighted by Gasteiger charge is -2.07. The Morgan fingerprint density at radius 1 is 1.14 bits per heavy atom. The molecule has 116 valence electrons. The zero-order valence-corrected chi connectivity index (χ0v) is 13.8. The maximum Gasteiger partial charge on any atom is 0.158 e. The maximum atomic E-state index is 5.71. The normalized spacial score (nSPS) is 11.1. The van der Waals surface area contributed by atoms with Gasteiger partial charge in [0.1, 0.15) is 17.3 Å². The second-order valence-electron chi connectivity index (χ2n) is 5.12. The minimum absolute atomic E-state index is 0.500. The third-order valence-electron chi connectivity index (χ3n) is 3.34. The van der Waals surface area contributed by atoms with E-state index in [1.54, 1.807) is 11.3 Å². The van der Waals surface area contributed by atoms with Gasteiger partial charge in [-0.05, 0) is 24.8 Å². The number of ether oxygens (including phenoxy) is 1. The van der Waals surface area contributed by atoms with E-state index in [2.05, 4.69) is 40.6 Å². The van der Waals surface area contributed by atoms with Crippen LogP contribution < -0.4 is 5.32 Å². The molecule has 1 N–H and O–H groups in total. The largest absolute Gasteiger partial charge is 0.373 e. The first kappa shape index (κ1) is 16.2. The van der Waals surface area contributed by atoms with Gasteiger partial charge in [0, 0.05) is 13.2 Å². The Labute approximate surface area is 131 Å². The average Bonchev–Trinajstić information content (AvgIpc) is 2.95. The molecule has 2 rings (SSSR count). The summed E-state index contributed by atoms with van der Waals surface area (Å²) in [7, 11) is 0. The fourth-order valence-corrected chi connectivity index (χ4v) is 3.02. The minimum atomic E-state index is 0.500. The topological polar surface area (TPSA) is 47.0 Å². The average molecular weight is 307 g/mol. The number of nitrogens with zero attached hydrogens (tertiary/aromatic N) is 2. The summed E-state index contributed by atoms with van der Waals surface area (Å²) < 4.78 is 5.71. The molecule has 21 heavy (non-hydrogen) atoms. The van der Waals surface area contributed by atoms with E-state index in [4.69, 9.17) is 4.74 Å². The molecule has 0 aliphatic heterocycles. The maximum absolute atomic E-state index is 5.71. The van der Waals surface area contributed by atoms with Gasteiger partial charge < -0.3 is 10.1 Å². The molecule has 2 aromatic heterocycles. The molecule has 0 spiro atoms. The van der Waals surface area contributed by atoms with Crippen LogP contribution in [0.1, 0.15) is 51.8 Å². The van der Waals surface area contributed by atoms with Gasteiger partial charge in [0.2, 0.25) is 0 Å². The van der Waals surface area contributed by atoms with Gasteiger partial charge in [0.15, 0.2) is 5.82 Å². The van der Waals surface area contributed by atoms with Crippen LogP contribution in [0, 0.1) is 0 Å². The van der Waals surface area contributed by atoms with Crippen LogP contribution in [0.15, 0.2) is 11.4 Å². The fourth-order valence-electron chi connectivity index (χ4n) is 2.24. The zero-order chi connectivity index (χ0) is 14.9. The molecule has 0 aliphatic rings. The molecule has 0 aliphatic carbocycles. The lowest BCUT2D eigenvalue weighted by Crippen LogP contribution is -2.05. The Morgan fingerprint density at radius 3 is 2.81 bits per heavy atom. The highest BCUT2D eigenvalue weighted by Crippen LogP contribution is 2.25. The number of anilines is 1. The molecule has 2 heterocycles. The van der Waals surface area contributed by atoms with E-state index in [-0.39, 0.29) is 0 Å². The molecule has 0 saturated carbocycles. The predicted octanol–water partition coefficient (Wildman–Crippen LogP) is 4.61. The van der Waals surface area contributed by atoms with E-state index < -0.39 is 0 Å². The number of thiophene rings is 1. The molecule has 2 aromatic rings. The summed E-state index contributed by atoms with van der Waals surface area (Å²) in [6.07, 6.45) is 6.29. The van der Waals surface area contributed by atoms with Crippen LogP contribution in [0.3, 0.4) is 0 Å². The fraction of sp³-hybridized carbons (Fsp3) is 0.625. The summed E-state index contributed by atoms with van der Waals surface area (Å²) in [5.74, 6) is 1.69. The third kappa shape index (κ3) is 4.93. The number of aromatic nitrogens is 2. The van der Waals surface area contributed by atoms with Crippen molar-refractivity contribution in [2.75, 3.05) is 18.5 Å². The van der Waals surface area contributed by atoms with Gasteiger partial charge in [-0.3, -0.25) is 0 Å². The Balaban J connectivity index is 1.84. The SMILES string of the molecule is CCCCCCCOCc1nc(NCC)c2ccsc2n1. The number of hydrogen-bond acceptors (Lipinski definition) is 5. The Hall–Kier alpha value is -1.20. The first-order valence-electron chi connectivity index (χ1n) is 7.90. The summed E-state index contributed by atoms with van der Waals surface area (Å²) in [5, 5.41) is 6.46. The van der Waals surface area contributed by atoms with Crippen molar-refractivity contribution < 1.29 is 4.74 Å². The molecule has 0 saturated heterocycles. The van der Waals surface area contributed by atoms with Crippen LogP contribution in [0.25, 0.3) is 10.2 Å². The van der Waals surface area contributed by atoms with Crippen LogP contribution in [0.2, 0.25) is 0 Å². The van der Waals surface area contributed by atoms with Gasteiger partial charge in [0.25, 0.3) is 0 Å². The first-order chi connectivity index (χ1) is 10.3. The third-order valence-corrected chi connectivity index (χ3v) is 4.15. The van der Waals surface area contributed by atoms with Gasteiger partial charge in [-0.25, -0.2) is 9.97 Å². The highest BCUT2D eigenvalue weighted by Gasteiger charge is 2.08. The van der Waals surface area contributed by atoms with E-state index in [0.717, 1.165) is 41.4 Å². The van der Waals surface area contributed by atoms with E-state index in [1.807, 2.05) is 0 Å². The van der Waals surface area contributed by atoms with E-state index in [9.17, 15) is 0 Å². The molecule has 0 radical (unpaired) electrons. The van der Waals surface area contributed by atoms with Crippen LogP contribution in [-0.4, -0.2) is 23.1 Å². The molecule has 0 unspecified atom stereocenters. The van der Waals surface area contributed by atoms with E-state index >= 15 is 0 Å². The van der Waals surface area contributed by atoms with Gasteiger partial charge in [-0.1, -0.05) is 32.6 Å². The van der Waals surface area contributed by atoms with Crippen LogP contribution in [-0.2, 0) is 11.3 Å².